The number of hydrogen-bond acceptors (Lipinski definition) is 4. The molecule has 5 nitrogen and oxygen atoms in total. The molecule has 114 valence electrons. The second-order valence-corrected chi connectivity index (χ2v) is 5.42. The summed E-state index contributed by atoms with van der Waals surface area (Å²) < 4.78 is 13.7. The molecule has 6 heteroatoms. The first-order valence-corrected chi connectivity index (χ1v) is 7.53. The van der Waals surface area contributed by atoms with Crippen molar-refractivity contribution in [3.05, 3.63) is 40.4 Å². The normalized spacial score (nSPS) is 12.2. The van der Waals surface area contributed by atoms with Gasteiger partial charge in [-0.15, -0.1) is 0 Å². The predicted octanol–water partition coefficient (Wildman–Crippen LogP) is 2.90. The highest BCUT2D eigenvalue weighted by molar-refractivity contribution is 9.10. The zero-order valence-corrected chi connectivity index (χ0v) is 14.3. The largest absolute Gasteiger partial charge is 0.495 e. The molecule has 1 N–H and O–H groups in total. The van der Waals surface area contributed by atoms with Crippen LogP contribution in [0.15, 0.2) is 29.1 Å². The number of aromatic nitrogens is 2. The number of aryl methyl sites for hydroxylation is 1. The van der Waals surface area contributed by atoms with Crippen molar-refractivity contribution in [2.45, 2.75) is 13.0 Å². The maximum atomic E-state index is 5.59. The third-order valence-electron chi connectivity index (χ3n) is 3.39. The topological polar surface area (TPSA) is 48.3 Å². The van der Waals surface area contributed by atoms with Gasteiger partial charge in [0.2, 0.25) is 0 Å². The summed E-state index contributed by atoms with van der Waals surface area (Å²) in [6, 6.07) is 3.95. The van der Waals surface area contributed by atoms with Crippen molar-refractivity contribution >= 4 is 15.9 Å². The molecule has 21 heavy (non-hydrogen) atoms. The van der Waals surface area contributed by atoms with Crippen molar-refractivity contribution in [3.63, 3.8) is 0 Å². The summed E-state index contributed by atoms with van der Waals surface area (Å²) in [6.07, 6.45) is 3.66. The van der Waals surface area contributed by atoms with Crippen molar-refractivity contribution in [1.29, 1.82) is 0 Å². The third kappa shape index (κ3) is 3.06. The lowest BCUT2D eigenvalue weighted by Crippen LogP contribution is -2.24. The Morgan fingerprint density at radius 3 is 2.62 bits per heavy atom. The van der Waals surface area contributed by atoms with Crippen molar-refractivity contribution in [1.82, 2.24) is 14.9 Å². The van der Waals surface area contributed by atoms with E-state index in [9.17, 15) is 0 Å². The molecule has 0 aliphatic rings. The highest BCUT2D eigenvalue weighted by atomic mass is 79.9. The van der Waals surface area contributed by atoms with E-state index in [1.165, 1.54) is 0 Å². The van der Waals surface area contributed by atoms with E-state index in [0.29, 0.717) is 0 Å². The Morgan fingerprint density at radius 2 is 2.10 bits per heavy atom. The average Bonchev–Trinajstić information content (AvgIpc) is 2.90. The molecule has 0 radical (unpaired) electrons. The molecular weight excluding hydrogens is 334 g/mol. The van der Waals surface area contributed by atoms with E-state index in [4.69, 9.17) is 9.47 Å². The van der Waals surface area contributed by atoms with Gasteiger partial charge in [-0.25, -0.2) is 4.98 Å². The summed E-state index contributed by atoms with van der Waals surface area (Å²) in [5.74, 6) is 1.51. The van der Waals surface area contributed by atoms with Gasteiger partial charge < -0.3 is 19.4 Å². The van der Waals surface area contributed by atoms with E-state index < -0.39 is 0 Å². The number of halogens is 1. The maximum absolute atomic E-state index is 5.59. The molecule has 0 aliphatic carbocycles. The molecule has 1 aromatic heterocycles. The Kier molecular flexibility index (Phi) is 5.25. The van der Waals surface area contributed by atoms with E-state index in [1.54, 1.807) is 20.5 Å². The van der Waals surface area contributed by atoms with Crippen LogP contribution in [0.3, 0.4) is 0 Å². The Hall–Kier alpha value is -1.53. The number of methoxy groups -OCH3 is 2. The molecule has 0 bridgehead atoms. The third-order valence-corrected chi connectivity index (χ3v) is 4.14. The summed E-state index contributed by atoms with van der Waals surface area (Å²) in [6.45, 7) is 2.91. The quantitative estimate of drug-likeness (QED) is 0.867. The fourth-order valence-electron chi connectivity index (χ4n) is 2.37. The van der Waals surface area contributed by atoms with Crippen LogP contribution in [0.2, 0.25) is 0 Å². The van der Waals surface area contributed by atoms with Crippen LogP contribution in [-0.4, -0.2) is 30.3 Å². The number of rotatable bonds is 6. The number of imidazole rings is 1. The van der Waals surface area contributed by atoms with Gasteiger partial charge in [0.05, 0.1) is 38.5 Å². The number of nitrogens with zero attached hydrogens (tertiary/aromatic N) is 2. The smallest absolute Gasteiger partial charge is 0.141 e. The Bertz CT molecular complexity index is 613. The van der Waals surface area contributed by atoms with Crippen molar-refractivity contribution in [2.75, 3.05) is 20.8 Å². The molecule has 1 heterocycles. The Labute approximate surface area is 133 Å². The molecule has 0 saturated heterocycles. The number of hydrogen-bond donors (Lipinski definition) is 1. The van der Waals surface area contributed by atoms with Crippen molar-refractivity contribution < 1.29 is 9.47 Å². The lowest BCUT2D eigenvalue weighted by molar-refractivity contribution is 0.382. The fraction of sp³-hybridized carbons (Fsp3) is 0.400. The van der Waals surface area contributed by atoms with Crippen LogP contribution in [0, 0.1) is 0 Å². The van der Waals surface area contributed by atoms with Crippen LogP contribution >= 0.6 is 15.9 Å². The molecule has 0 saturated carbocycles. The first-order valence-electron chi connectivity index (χ1n) is 6.74. The van der Waals surface area contributed by atoms with Gasteiger partial charge in [-0.3, -0.25) is 0 Å². The Morgan fingerprint density at radius 1 is 1.33 bits per heavy atom. The van der Waals surface area contributed by atoms with E-state index in [-0.39, 0.29) is 6.04 Å². The van der Waals surface area contributed by atoms with Crippen LogP contribution in [-0.2, 0) is 7.05 Å². The molecule has 2 aromatic rings. The molecule has 1 aromatic carbocycles. The van der Waals surface area contributed by atoms with Gasteiger partial charge in [-0.1, -0.05) is 6.92 Å². The highest BCUT2D eigenvalue weighted by Gasteiger charge is 2.23. The molecule has 1 unspecified atom stereocenters. The van der Waals surface area contributed by atoms with Crippen LogP contribution in [0.5, 0.6) is 11.5 Å². The standard InChI is InChI=1S/C15H20BrN3O2/c1-5-18-14(11-8-17-9-19(11)2)10-6-7-12(20-3)13(16)15(10)21-4/h6-9,14,18H,5H2,1-4H3. The monoisotopic (exact) mass is 353 g/mol. The second kappa shape index (κ2) is 6.95. The van der Waals surface area contributed by atoms with Gasteiger partial charge in [0, 0.05) is 12.6 Å². The zero-order valence-electron chi connectivity index (χ0n) is 12.7. The lowest BCUT2D eigenvalue weighted by atomic mass is 10.0. The van der Waals surface area contributed by atoms with E-state index >= 15 is 0 Å². The molecule has 0 aliphatic heterocycles. The van der Waals surface area contributed by atoms with Crippen molar-refractivity contribution in [2.24, 2.45) is 7.05 Å². The van der Waals surface area contributed by atoms with Crippen LogP contribution in [0.25, 0.3) is 0 Å². The Balaban J connectivity index is 2.55. The van der Waals surface area contributed by atoms with E-state index in [1.807, 2.05) is 29.9 Å². The number of nitrogens with one attached hydrogen (secondary N) is 1. The highest BCUT2D eigenvalue weighted by Crippen LogP contribution is 2.41. The summed E-state index contributed by atoms with van der Waals surface area (Å²) in [4.78, 5) is 4.21. The molecular formula is C15H20BrN3O2. The molecule has 0 fully saturated rings. The van der Waals surface area contributed by atoms with E-state index in [2.05, 4.69) is 33.2 Å². The summed E-state index contributed by atoms with van der Waals surface area (Å²) >= 11 is 3.55. The van der Waals surface area contributed by atoms with Crippen LogP contribution in [0.1, 0.15) is 24.2 Å². The minimum absolute atomic E-state index is 0.000318. The van der Waals surface area contributed by atoms with Gasteiger partial charge in [0.15, 0.2) is 0 Å². The van der Waals surface area contributed by atoms with Gasteiger partial charge in [0.25, 0.3) is 0 Å². The summed E-state index contributed by atoms with van der Waals surface area (Å²) in [5, 5.41) is 3.48. The zero-order chi connectivity index (χ0) is 15.4. The van der Waals surface area contributed by atoms with Gasteiger partial charge in [0.1, 0.15) is 16.0 Å². The first-order chi connectivity index (χ1) is 10.1. The van der Waals surface area contributed by atoms with E-state index in [0.717, 1.165) is 33.8 Å². The van der Waals surface area contributed by atoms with Gasteiger partial charge in [-0.05, 0) is 34.6 Å². The van der Waals surface area contributed by atoms with Crippen molar-refractivity contribution in [3.8, 4) is 11.5 Å². The SMILES string of the molecule is CCNC(c1ccc(OC)c(Br)c1OC)c1cncn1C. The van der Waals surface area contributed by atoms with Gasteiger partial charge in [-0.2, -0.15) is 0 Å². The maximum Gasteiger partial charge on any atom is 0.141 e. The average molecular weight is 354 g/mol. The van der Waals surface area contributed by atoms with Gasteiger partial charge >= 0.3 is 0 Å². The summed E-state index contributed by atoms with van der Waals surface area (Å²) in [7, 11) is 5.29. The van der Waals surface area contributed by atoms with Crippen LogP contribution < -0.4 is 14.8 Å². The molecule has 0 amide bonds. The minimum atomic E-state index is -0.000318. The lowest BCUT2D eigenvalue weighted by Gasteiger charge is -2.22. The minimum Gasteiger partial charge on any atom is -0.495 e. The number of ether oxygens (including phenoxy) is 2. The molecule has 2 rings (SSSR count). The number of benzene rings is 1. The molecule has 1 atom stereocenters. The van der Waals surface area contributed by atoms with Crippen LogP contribution in [0.4, 0.5) is 0 Å². The second-order valence-electron chi connectivity index (χ2n) is 4.62. The predicted molar refractivity (Wildman–Crippen MR) is 86.0 cm³/mol. The summed E-state index contributed by atoms with van der Waals surface area (Å²) in [5.41, 5.74) is 2.11. The fourth-order valence-corrected chi connectivity index (χ4v) is 3.05. The molecule has 0 spiro atoms. The first kappa shape index (κ1) is 15.9.